The highest BCUT2D eigenvalue weighted by molar-refractivity contribution is 9.11. The third-order valence-electron chi connectivity index (χ3n) is 4.16. The Bertz CT molecular complexity index is 450. The first-order valence-electron chi connectivity index (χ1n) is 7.41. The minimum atomic E-state index is 0. The van der Waals surface area contributed by atoms with Gasteiger partial charge in [-0.15, -0.1) is 12.4 Å². The summed E-state index contributed by atoms with van der Waals surface area (Å²) in [5, 5.41) is 0. The van der Waals surface area contributed by atoms with Gasteiger partial charge in [-0.2, -0.15) is 0 Å². The predicted octanol–water partition coefficient (Wildman–Crippen LogP) is 5.80. The van der Waals surface area contributed by atoms with E-state index < -0.39 is 0 Å². The lowest BCUT2D eigenvalue weighted by Crippen LogP contribution is -2.36. The van der Waals surface area contributed by atoms with Crippen LogP contribution < -0.4 is 4.74 Å². The van der Waals surface area contributed by atoms with Crippen molar-refractivity contribution >= 4 is 44.3 Å². The van der Waals surface area contributed by atoms with E-state index >= 15 is 0 Å². The molecule has 2 nitrogen and oxygen atoms in total. The van der Waals surface area contributed by atoms with Crippen molar-refractivity contribution in [3.63, 3.8) is 0 Å². The quantitative estimate of drug-likeness (QED) is 0.573. The molecule has 0 spiro atoms. The smallest absolute Gasteiger partial charge is 0.137 e. The molecule has 0 bridgehead atoms. The van der Waals surface area contributed by atoms with Crippen molar-refractivity contribution in [2.45, 2.75) is 51.6 Å². The Kier molecular flexibility index (Phi) is 8.62. The molecular formula is C16H24Br2ClNO. The summed E-state index contributed by atoms with van der Waals surface area (Å²) in [5.41, 5.74) is 1.25. The maximum absolute atomic E-state index is 5.57. The van der Waals surface area contributed by atoms with Crippen molar-refractivity contribution in [3.05, 3.63) is 26.6 Å². The summed E-state index contributed by atoms with van der Waals surface area (Å²) >= 11 is 7.17. The second-order valence-corrected chi connectivity index (χ2v) is 7.20. The van der Waals surface area contributed by atoms with Gasteiger partial charge in [0.05, 0.1) is 11.6 Å². The molecule has 2 rings (SSSR count). The molecule has 0 amide bonds. The third-order valence-corrected chi connectivity index (χ3v) is 5.21. The number of nitrogens with zero attached hydrogens (tertiary/aromatic N) is 1. The summed E-state index contributed by atoms with van der Waals surface area (Å²) in [5.74, 6) is 0.961. The number of hydrogen-bond acceptors (Lipinski definition) is 2. The molecule has 120 valence electrons. The summed E-state index contributed by atoms with van der Waals surface area (Å²) in [6.07, 6.45) is 6.83. The molecule has 0 N–H and O–H groups in total. The fourth-order valence-corrected chi connectivity index (χ4v) is 4.60. The van der Waals surface area contributed by atoms with E-state index in [1.165, 1.54) is 37.7 Å². The summed E-state index contributed by atoms with van der Waals surface area (Å²) < 4.78 is 7.68. The lowest BCUT2D eigenvalue weighted by Gasteiger charge is -2.34. The molecule has 1 aromatic carbocycles. The SMILES string of the molecule is CCN(Cc1cc(Br)cc(Br)c1OC)C1CCCCC1.Cl. The number of ether oxygens (including phenoxy) is 1. The maximum atomic E-state index is 5.57. The fourth-order valence-electron chi connectivity index (χ4n) is 3.12. The van der Waals surface area contributed by atoms with Gasteiger partial charge in [0, 0.05) is 22.6 Å². The van der Waals surface area contributed by atoms with E-state index in [0.29, 0.717) is 0 Å². The van der Waals surface area contributed by atoms with E-state index in [1.807, 2.05) is 6.07 Å². The zero-order chi connectivity index (χ0) is 14.5. The molecule has 5 heteroatoms. The molecule has 1 aliphatic carbocycles. The van der Waals surface area contributed by atoms with Crippen molar-refractivity contribution in [3.8, 4) is 5.75 Å². The van der Waals surface area contributed by atoms with Crippen molar-refractivity contribution in [1.82, 2.24) is 4.90 Å². The van der Waals surface area contributed by atoms with E-state index in [-0.39, 0.29) is 12.4 Å². The third kappa shape index (κ3) is 5.12. The van der Waals surface area contributed by atoms with Gasteiger partial charge in [0.2, 0.25) is 0 Å². The number of benzene rings is 1. The molecule has 0 heterocycles. The van der Waals surface area contributed by atoms with Crippen molar-refractivity contribution in [2.75, 3.05) is 13.7 Å². The van der Waals surface area contributed by atoms with Gasteiger partial charge in [0.25, 0.3) is 0 Å². The Labute approximate surface area is 151 Å². The Balaban J connectivity index is 0.00000220. The lowest BCUT2D eigenvalue weighted by molar-refractivity contribution is 0.154. The second-order valence-electron chi connectivity index (χ2n) is 5.43. The molecule has 0 atom stereocenters. The number of methoxy groups -OCH3 is 1. The molecule has 0 aromatic heterocycles. The van der Waals surface area contributed by atoms with Gasteiger partial charge in [-0.25, -0.2) is 0 Å². The topological polar surface area (TPSA) is 12.5 Å². The zero-order valence-corrected chi connectivity index (χ0v) is 16.7. The molecule has 21 heavy (non-hydrogen) atoms. The summed E-state index contributed by atoms with van der Waals surface area (Å²) in [7, 11) is 1.74. The predicted molar refractivity (Wildman–Crippen MR) is 98.6 cm³/mol. The highest BCUT2D eigenvalue weighted by Crippen LogP contribution is 2.34. The molecule has 1 fully saturated rings. The van der Waals surface area contributed by atoms with E-state index in [1.54, 1.807) is 7.11 Å². The van der Waals surface area contributed by atoms with Gasteiger partial charge in [0.15, 0.2) is 0 Å². The van der Waals surface area contributed by atoms with Gasteiger partial charge in [0.1, 0.15) is 5.75 Å². The zero-order valence-electron chi connectivity index (χ0n) is 12.7. The van der Waals surface area contributed by atoms with E-state index in [2.05, 4.69) is 49.7 Å². The molecule has 0 saturated heterocycles. The van der Waals surface area contributed by atoms with E-state index in [9.17, 15) is 0 Å². The normalized spacial score (nSPS) is 15.9. The van der Waals surface area contributed by atoms with Gasteiger partial charge in [-0.1, -0.05) is 42.1 Å². The van der Waals surface area contributed by atoms with Crippen LogP contribution in [-0.2, 0) is 6.54 Å². The fraction of sp³-hybridized carbons (Fsp3) is 0.625. The van der Waals surface area contributed by atoms with E-state index in [4.69, 9.17) is 4.74 Å². The van der Waals surface area contributed by atoms with Crippen LogP contribution >= 0.6 is 44.3 Å². The van der Waals surface area contributed by atoms with Crippen LogP contribution in [0.5, 0.6) is 5.75 Å². The number of hydrogen-bond donors (Lipinski definition) is 0. The monoisotopic (exact) mass is 439 g/mol. The first-order chi connectivity index (χ1) is 9.65. The van der Waals surface area contributed by atoms with Crippen LogP contribution in [-0.4, -0.2) is 24.6 Å². The van der Waals surface area contributed by atoms with Crippen LogP contribution in [0.1, 0.15) is 44.6 Å². The average molecular weight is 442 g/mol. The van der Waals surface area contributed by atoms with Crippen LogP contribution in [0.4, 0.5) is 0 Å². The first-order valence-corrected chi connectivity index (χ1v) is 9.00. The van der Waals surface area contributed by atoms with Crippen LogP contribution in [0.15, 0.2) is 21.1 Å². The number of rotatable bonds is 5. The summed E-state index contributed by atoms with van der Waals surface area (Å²) in [6.45, 7) is 4.31. The second kappa shape index (κ2) is 9.39. The van der Waals surface area contributed by atoms with Crippen LogP contribution in [0.2, 0.25) is 0 Å². The highest BCUT2D eigenvalue weighted by atomic mass is 79.9. The highest BCUT2D eigenvalue weighted by Gasteiger charge is 2.21. The van der Waals surface area contributed by atoms with Gasteiger partial charge >= 0.3 is 0 Å². The van der Waals surface area contributed by atoms with Gasteiger partial charge in [-0.05, 0) is 47.4 Å². The van der Waals surface area contributed by atoms with Crippen LogP contribution in [0.3, 0.4) is 0 Å². The summed E-state index contributed by atoms with van der Waals surface area (Å²) in [6, 6.07) is 4.95. The van der Waals surface area contributed by atoms with Crippen LogP contribution in [0, 0.1) is 0 Å². The Morgan fingerprint density at radius 2 is 1.86 bits per heavy atom. The molecule has 0 aliphatic heterocycles. The standard InChI is InChI=1S/C16H23Br2NO.ClH/c1-3-19(14-7-5-4-6-8-14)11-12-9-13(17)10-15(18)16(12)20-2;/h9-10,14H,3-8,11H2,1-2H3;1H. The minimum absolute atomic E-state index is 0. The Morgan fingerprint density at radius 3 is 2.43 bits per heavy atom. The van der Waals surface area contributed by atoms with Gasteiger partial charge in [-0.3, -0.25) is 4.90 Å². The van der Waals surface area contributed by atoms with Crippen molar-refractivity contribution in [2.24, 2.45) is 0 Å². The molecule has 1 aromatic rings. The molecular weight excluding hydrogens is 417 g/mol. The Hall–Kier alpha value is 0.230. The molecule has 0 unspecified atom stereocenters. The van der Waals surface area contributed by atoms with Gasteiger partial charge < -0.3 is 4.74 Å². The van der Waals surface area contributed by atoms with Crippen LogP contribution in [0.25, 0.3) is 0 Å². The first kappa shape index (κ1) is 19.3. The van der Waals surface area contributed by atoms with Crippen molar-refractivity contribution < 1.29 is 4.74 Å². The molecule has 1 saturated carbocycles. The number of halogens is 3. The Morgan fingerprint density at radius 1 is 1.19 bits per heavy atom. The maximum Gasteiger partial charge on any atom is 0.137 e. The minimum Gasteiger partial charge on any atom is -0.495 e. The largest absolute Gasteiger partial charge is 0.495 e. The molecule has 1 aliphatic rings. The average Bonchev–Trinajstić information content (AvgIpc) is 2.45. The van der Waals surface area contributed by atoms with Crippen molar-refractivity contribution in [1.29, 1.82) is 0 Å². The summed E-state index contributed by atoms with van der Waals surface area (Å²) in [4.78, 5) is 2.59. The van der Waals surface area contributed by atoms with E-state index in [0.717, 1.165) is 33.8 Å². The molecule has 0 radical (unpaired) electrons. The lowest BCUT2D eigenvalue weighted by atomic mass is 9.94.